The van der Waals surface area contributed by atoms with E-state index in [-0.39, 0.29) is 5.02 Å². The Hall–Kier alpha value is -1.70. The lowest BCUT2D eigenvalue weighted by Crippen LogP contribution is -2.08. The molecule has 0 unspecified atom stereocenters. The summed E-state index contributed by atoms with van der Waals surface area (Å²) in [6, 6.07) is 1.71. The first kappa shape index (κ1) is 28.3. The van der Waals surface area contributed by atoms with Crippen LogP contribution < -0.4 is 5.73 Å². The molecule has 0 heterocycles. The van der Waals surface area contributed by atoms with E-state index in [0.29, 0.717) is 35.3 Å². The maximum absolute atomic E-state index is 12.2. The molecule has 1 aromatic rings. The minimum atomic E-state index is -0.478. The zero-order chi connectivity index (χ0) is 24.0. The van der Waals surface area contributed by atoms with Gasteiger partial charge >= 0.3 is 5.97 Å². The van der Waals surface area contributed by atoms with Crippen molar-refractivity contribution in [2.75, 3.05) is 26.6 Å². The van der Waals surface area contributed by atoms with Crippen LogP contribution in [0.5, 0.6) is 0 Å². The van der Waals surface area contributed by atoms with Crippen LogP contribution in [-0.4, -0.2) is 26.8 Å². The van der Waals surface area contributed by atoms with Gasteiger partial charge in [-0.25, -0.2) is 4.79 Å². The first-order valence-corrected chi connectivity index (χ1v) is 12.3. The van der Waals surface area contributed by atoms with Crippen molar-refractivity contribution in [1.29, 1.82) is 0 Å². The largest absolute Gasteiger partial charge is 0.465 e. The van der Waals surface area contributed by atoms with Crippen LogP contribution in [0.3, 0.4) is 0 Å². The molecule has 180 valence electrons. The number of rotatable bonds is 13. The SMILES string of the molecule is COCCCc1cc(C(=O)OC)c(Cl)c(C#CCCCCCCCCCC(C)(C)C)c1N. The standard InChI is InChI=1S/C27H42ClNO3/c1-27(2,3)18-14-12-10-8-6-7-9-11-13-17-22-24(28)23(26(30)32-5)20-21(25(22)29)16-15-19-31-4/h20H,6-12,14-16,18-19,29H2,1-5H3. The summed E-state index contributed by atoms with van der Waals surface area (Å²) in [6.45, 7) is 7.54. The molecular formula is C27H42ClNO3. The lowest BCUT2D eigenvalue weighted by molar-refractivity contribution is 0.0601. The number of benzene rings is 1. The van der Waals surface area contributed by atoms with Crippen molar-refractivity contribution < 1.29 is 14.3 Å². The molecule has 0 saturated heterocycles. The second kappa shape index (κ2) is 15.2. The Morgan fingerprint density at radius 3 is 2.25 bits per heavy atom. The van der Waals surface area contributed by atoms with Crippen LogP contribution in [0.15, 0.2) is 6.07 Å². The Morgan fingerprint density at radius 2 is 1.66 bits per heavy atom. The highest BCUT2D eigenvalue weighted by molar-refractivity contribution is 6.35. The summed E-state index contributed by atoms with van der Waals surface area (Å²) < 4.78 is 10.00. The van der Waals surface area contributed by atoms with E-state index in [1.54, 1.807) is 13.2 Å². The summed E-state index contributed by atoms with van der Waals surface area (Å²) in [5.74, 6) is 5.84. The lowest BCUT2D eigenvalue weighted by Gasteiger charge is -2.17. The molecule has 0 spiro atoms. The number of halogens is 1. The number of hydrogen-bond donors (Lipinski definition) is 1. The van der Waals surface area contributed by atoms with Gasteiger partial charge in [-0.15, -0.1) is 0 Å². The molecule has 0 radical (unpaired) electrons. The number of methoxy groups -OCH3 is 2. The highest BCUT2D eigenvalue weighted by Gasteiger charge is 2.19. The Morgan fingerprint density at radius 1 is 1.03 bits per heavy atom. The van der Waals surface area contributed by atoms with Crippen molar-refractivity contribution in [3.63, 3.8) is 0 Å². The average molecular weight is 464 g/mol. The zero-order valence-electron chi connectivity index (χ0n) is 20.7. The van der Waals surface area contributed by atoms with Gasteiger partial charge in [-0.3, -0.25) is 0 Å². The molecule has 1 rings (SSSR count). The van der Waals surface area contributed by atoms with Crippen LogP contribution in [0.1, 0.15) is 106 Å². The van der Waals surface area contributed by atoms with Gasteiger partial charge in [0.05, 0.1) is 28.9 Å². The van der Waals surface area contributed by atoms with Gasteiger partial charge in [0, 0.05) is 20.1 Å². The molecule has 0 amide bonds. The van der Waals surface area contributed by atoms with Gasteiger partial charge in [0.25, 0.3) is 0 Å². The number of nitrogen functional groups attached to an aromatic ring is 1. The van der Waals surface area contributed by atoms with Gasteiger partial charge < -0.3 is 15.2 Å². The number of ether oxygens (including phenoxy) is 2. The van der Waals surface area contributed by atoms with Crippen molar-refractivity contribution in [1.82, 2.24) is 0 Å². The monoisotopic (exact) mass is 463 g/mol. The van der Waals surface area contributed by atoms with Crippen molar-refractivity contribution in [3.8, 4) is 11.8 Å². The van der Waals surface area contributed by atoms with E-state index >= 15 is 0 Å². The number of carbonyl (C=O) groups excluding carboxylic acids is 1. The maximum Gasteiger partial charge on any atom is 0.339 e. The fourth-order valence-corrected chi connectivity index (χ4v) is 3.91. The average Bonchev–Trinajstić information content (AvgIpc) is 2.74. The first-order valence-electron chi connectivity index (χ1n) is 11.9. The van der Waals surface area contributed by atoms with Crippen LogP contribution in [0.25, 0.3) is 0 Å². The molecule has 0 fully saturated rings. The third-order valence-corrected chi connectivity index (χ3v) is 5.92. The molecular weight excluding hydrogens is 422 g/mol. The van der Waals surface area contributed by atoms with Gasteiger partial charge in [-0.1, -0.05) is 82.7 Å². The molecule has 5 heteroatoms. The Labute approximate surface area is 200 Å². The Bertz CT molecular complexity index is 772. The second-order valence-electron chi connectivity index (χ2n) is 9.61. The Balaban J connectivity index is 2.59. The van der Waals surface area contributed by atoms with Crippen molar-refractivity contribution in [3.05, 3.63) is 27.8 Å². The summed E-state index contributed by atoms with van der Waals surface area (Å²) >= 11 is 6.46. The molecule has 0 saturated carbocycles. The molecule has 4 nitrogen and oxygen atoms in total. The number of carbonyl (C=O) groups is 1. The van der Waals surface area contributed by atoms with E-state index < -0.39 is 5.97 Å². The van der Waals surface area contributed by atoms with Crippen LogP contribution in [0, 0.1) is 17.3 Å². The van der Waals surface area contributed by atoms with Gasteiger partial charge in [-0.05, 0) is 42.7 Å². The number of unbranched alkanes of at least 4 members (excludes halogenated alkanes) is 7. The number of anilines is 1. The highest BCUT2D eigenvalue weighted by atomic mass is 35.5. The van der Waals surface area contributed by atoms with Gasteiger partial charge in [0.15, 0.2) is 0 Å². The summed E-state index contributed by atoms with van der Waals surface area (Å²) in [4.78, 5) is 12.2. The van der Waals surface area contributed by atoms with E-state index in [4.69, 9.17) is 26.8 Å². The first-order chi connectivity index (χ1) is 15.2. The third-order valence-electron chi connectivity index (χ3n) is 5.53. The van der Waals surface area contributed by atoms with Gasteiger partial charge in [0.2, 0.25) is 0 Å². The van der Waals surface area contributed by atoms with E-state index in [1.807, 2.05) is 0 Å². The topological polar surface area (TPSA) is 61.5 Å². The fraction of sp³-hybridized carbons (Fsp3) is 0.667. The minimum absolute atomic E-state index is 0.271. The maximum atomic E-state index is 12.2. The van der Waals surface area contributed by atoms with Gasteiger partial charge in [0.1, 0.15) is 0 Å². The van der Waals surface area contributed by atoms with E-state index in [9.17, 15) is 4.79 Å². The summed E-state index contributed by atoms with van der Waals surface area (Å²) in [5, 5.41) is 0.271. The van der Waals surface area contributed by atoms with Crippen molar-refractivity contribution in [2.45, 2.75) is 91.4 Å². The van der Waals surface area contributed by atoms with Crippen LogP contribution >= 0.6 is 11.6 Å². The zero-order valence-corrected chi connectivity index (χ0v) is 21.5. The minimum Gasteiger partial charge on any atom is -0.465 e. The molecule has 32 heavy (non-hydrogen) atoms. The number of aryl methyl sites for hydroxylation is 1. The quantitative estimate of drug-likeness (QED) is 0.145. The van der Waals surface area contributed by atoms with Crippen molar-refractivity contribution >= 4 is 23.3 Å². The number of hydrogen-bond acceptors (Lipinski definition) is 4. The highest BCUT2D eigenvalue weighted by Crippen LogP contribution is 2.31. The molecule has 0 bridgehead atoms. The summed E-state index contributed by atoms with van der Waals surface area (Å²) in [6.07, 6.45) is 12.3. The molecule has 1 aromatic carbocycles. The van der Waals surface area contributed by atoms with Crippen LogP contribution in [0.4, 0.5) is 5.69 Å². The fourth-order valence-electron chi connectivity index (χ4n) is 3.63. The molecule has 0 aliphatic rings. The predicted molar refractivity (Wildman–Crippen MR) is 135 cm³/mol. The van der Waals surface area contributed by atoms with E-state index in [2.05, 4.69) is 32.6 Å². The predicted octanol–water partition coefficient (Wildman–Crippen LogP) is 7.20. The summed E-state index contributed by atoms with van der Waals surface area (Å²) in [5.41, 5.74) is 9.03. The second-order valence-corrected chi connectivity index (χ2v) is 9.99. The van der Waals surface area contributed by atoms with Gasteiger partial charge in [-0.2, -0.15) is 0 Å². The van der Waals surface area contributed by atoms with Crippen LogP contribution in [-0.2, 0) is 15.9 Å². The molecule has 0 aliphatic heterocycles. The molecule has 0 aromatic heterocycles. The normalized spacial score (nSPS) is 11.2. The molecule has 0 atom stereocenters. The Kier molecular flexibility index (Phi) is 13.5. The number of esters is 1. The van der Waals surface area contributed by atoms with Crippen molar-refractivity contribution in [2.24, 2.45) is 5.41 Å². The molecule has 2 N–H and O–H groups in total. The van der Waals surface area contributed by atoms with Crippen LogP contribution in [0.2, 0.25) is 5.02 Å². The van der Waals surface area contributed by atoms with E-state index in [1.165, 1.54) is 52.1 Å². The lowest BCUT2D eigenvalue weighted by atomic mass is 9.89. The third kappa shape index (κ3) is 10.7. The van der Waals surface area contributed by atoms with E-state index in [0.717, 1.165) is 24.8 Å². The molecule has 0 aliphatic carbocycles. The number of nitrogens with two attached hydrogens (primary N) is 1. The summed E-state index contributed by atoms with van der Waals surface area (Å²) in [7, 11) is 3.00. The smallest absolute Gasteiger partial charge is 0.339 e.